The number of amides is 2. The van der Waals surface area contributed by atoms with Crippen molar-refractivity contribution in [1.29, 1.82) is 0 Å². The van der Waals surface area contributed by atoms with Crippen molar-refractivity contribution in [3.8, 4) is 0 Å². The van der Waals surface area contributed by atoms with Crippen LogP contribution in [0.1, 0.15) is 26.5 Å². The molecule has 126 valence electrons. The van der Waals surface area contributed by atoms with Crippen LogP contribution >= 0.6 is 0 Å². The molecule has 3 heterocycles. The van der Waals surface area contributed by atoms with Crippen LogP contribution in [0.25, 0.3) is 0 Å². The Morgan fingerprint density at radius 1 is 1.30 bits per heavy atom. The highest BCUT2D eigenvalue weighted by Gasteiger charge is 2.54. The number of rotatable bonds is 1. The van der Waals surface area contributed by atoms with Gasteiger partial charge in [-0.2, -0.15) is 0 Å². The first-order chi connectivity index (χ1) is 10.7. The summed E-state index contributed by atoms with van der Waals surface area (Å²) in [5, 5.41) is 0. The number of ether oxygens (including phenoxy) is 2. The average Bonchev–Trinajstić information content (AvgIpc) is 2.81. The van der Waals surface area contributed by atoms with Crippen molar-refractivity contribution in [3.05, 3.63) is 17.9 Å². The maximum atomic E-state index is 12.5. The maximum absolute atomic E-state index is 12.5. The molecule has 2 fully saturated rings. The van der Waals surface area contributed by atoms with E-state index in [1.807, 2.05) is 13.0 Å². The van der Waals surface area contributed by atoms with Gasteiger partial charge >= 0.3 is 6.09 Å². The second-order valence-corrected chi connectivity index (χ2v) is 7.15. The standard InChI is InChI=1S/C16H22N2O5/c1-11-5-6-13(22-11)17-8-16(9-21-10-16)18(7-12(17)19)14(20)23-15(2,3)4/h5-6H,7-10H2,1-4H3. The minimum absolute atomic E-state index is 0.0436. The number of piperazine rings is 1. The molecule has 0 radical (unpaired) electrons. The second-order valence-electron chi connectivity index (χ2n) is 7.15. The van der Waals surface area contributed by atoms with E-state index in [-0.39, 0.29) is 12.5 Å². The average molecular weight is 322 g/mol. The Morgan fingerprint density at radius 2 is 2.00 bits per heavy atom. The van der Waals surface area contributed by atoms with Crippen LogP contribution in [0.3, 0.4) is 0 Å². The molecule has 2 aliphatic rings. The molecule has 0 bridgehead atoms. The van der Waals surface area contributed by atoms with Crippen molar-refractivity contribution in [2.45, 2.75) is 38.8 Å². The number of aryl methyl sites for hydroxylation is 1. The molecule has 0 saturated carbocycles. The minimum Gasteiger partial charge on any atom is -0.445 e. The summed E-state index contributed by atoms with van der Waals surface area (Å²) < 4.78 is 16.3. The quantitative estimate of drug-likeness (QED) is 0.790. The van der Waals surface area contributed by atoms with Crippen LogP contribution in [0.5, 0.6) is 0 Å². The lowest BCUT2D eigenvalue weighted by Gasteiger charge is -2.53. The first kappa shape index (κ1) is 15.9. The number of anilines is 1. The summed E-state index contributed by atoms with van der Waals surface area (Å²) in [6.45, 7) is 8.31. The summed E-state index contributed by atoms with van der Waals surface area (Å²) in [4.78, 5) is 28.0. The maximum Gasteiger partial charge on any atom is 0.411 e. The molecule has 23 heavy (non-hydrogen) atoms. The van der Waals surface area contributed by atoms with E-state index in [9.17, 15) is 9.59 Å². The third kappa shape index (κ3) is 2.93. The number of carbonyl (C=O) groups excluding carboxylic acids is 2. The Morgan fingerprint density at radius 3 is 2.48 bits per heavy atom. The van der Waals surface area contributed by atoms with Gasteiger partial charge in [-0.3, -0.25) is 14.6 Å². The lowest BCUT2D eigenvalue weighted by atomic mass is 9.91. The summed E-state index contributed by atoms with van der Waals surface area (Å²) in [5.74, 6) is 1.05. The van der Waals surface area contributed by atoms with Gasteiger partial charge in [0.2, 0.25) is 11.8 Å². The summed E-state index contributed by atoms with van der Waals surface area (Å²) in [6, 6.07) is 3.58. The number of nitrogens with zero attached hydrogens (tertiary/aromatic N) is 2. The smallest absolute Gasteiger partial charge is 0.411 e. The molecule has 0 aromatic carbocycles. The highest BCUT2D eigenvalue weighted by atomic mass is 16.6. The van der Waals surface area contributed by atoms with E-state index in [1.54, 1.807) is 31.7 Å². The van der Waals surface area contributed by atoms with E-state index >= 15 is 0 Å². The number of hydrogen-bond acceptors (Lipinski definition) is 5. The molecule has 3 rings (SSSR count). The van der Waals surface area contributed by atoms with E-state index in [2.05, 4.69) is 0 Å². The molecule has 0 N–H and O–H groups in total. The lowest BCUT2D eigenvalue weighted by molar-refractivity contribution is -0.153. The zero-order valence-electron chi connectivity index (χ0n) is 13.9. The summed E-state index contributed by atoms with van der Waals surface area (Å²) in [7, 11) is 0. The fourth-order valence-corrected chi connectivity index (χ4v) is 2.78. The third-order valence-corrected chi connectivity index (χ3v) is 3.97. The van der Waals surface area contributed by atoms with Crippen molar-refractivity contribution in [2.24, 2.45) is 0 Å². The molecule has 1 aromatic heterocycles. The molecule has 2 aliphatic heterocycles. The predicted molar refractivity (Wildman–Crippen MR) is 82.3 cm³/mol. The summed E-state index contributed by atoms with van der Waals surface area (Å²) >= 11 is 0. The Balaban J connectivity index is 1.82. The van der Waals surface area contributed by atoms with Crippen LogP contribution in [-0.2, 0) is 14.3 Å². The third-order valence-electron chi connectivity index (χ3n) is 3.97. The first-order valence-electron chi connectivity index (χ1n) is 7.65. The van der Waals surface area contributed by atoms with Gasteiger partial charge in [0.15, 0.2) is 0 Å². The van der Waals surface area contributed by atoms with Crippen LogP contribution in [0.2, 0.25) is 0 Å². The van der Waals surface area contributed by atoms with Gasteiger partial charge in [-0.15, -0.1) is 0 Å². The lowest BCUT2D eigenvalue weighted by Crippen LogP contribution is -2.74. The largest absolute Gasteiger partial charge is 0.445 e. The van der Waals surface area contributed by atoms with Crippen LogP contribution in [-0.4, -0.2) is 54.3 Å². The van der Waals surface area contributed by atoms with Gasteiger partial charge in [0.05, 0.1) is 19.8 Å². The van der Waals surface area contributed by atoms with Gasteiger partial charge in [0, 0.05) is 6.07 Å². The van der Waals surface area contributed by atoms with E-state index in [4.69, 9.17) is 13.9 Å². The first-order valence-corrected chi connectivity index (χ1v) is 7.65. The monoisotopic (exact) mass is 322 g/mol. The van der Waals surface area contributed by atoms with Gasteiger partial charge in [0.25, 0.3) is 0 Å². The fraction of sp³-hybridized carbons (Fsp3) is 0.625. The second kappa shape index (κ2) is 5.26. The highest BCUT2D eigenvalue weighted by molar-refractivity contribution is 5.97. The number of furan rings is 1. The zero-order chi connectivity index (χ0) is 16.8. The molecule has 2 saturated heterocycles. The van der Waals surface area contributed by atoms with E-state index in [0.29, 0.717) is 25.6 Å². The molecular weight excluding hydrogens is 300 g/mol. The Kier molecular flexibility index (Phi) is 3.63. The molecular formula is C16H22N2O5. The molecule has 1 aromatic rings. The van der Waals surface area contributed by atoms with Gasteiger partial charge < -0.3 is 13.9 Å². The van der Waals surface area contributed by atoms with Crippen LogP contribution in [0, 0.1) is 6.92 Å². The zero-order valence-corrected chi connectivity index (χ0v) is 13.9. The predicted octanol–water partition coefficient (Wildman–Crippen LogP) is 1.94. The van der Waals surface area contributed by atoms with Crippen molar-refractivity contribution < 1.29 is 23.5 Å². The van der Waals surface area contributed by atoms with Gasteiger partial charge in [-0.25, -0.2) is 4.79 Å². The van der Waals surface area contributed by atoms with Crippen molar-refractivity contribution in [2.75, 3.05) is 31.2 Å². The van der Waals surface area contributed by atoms with Gasteiger partial charge in [-0.1, -0.05) is 0 Å². The van der Waals surface area contributed by atoms with Gasteiger partial charge in [-0.05, 0) is 33.8 Å². The topological polar surface area (TPSA) is 72.2 Å². The summed E-state index contributed by atoms with van der Waals surface area (Å²) in [6.07, 6.45) is -0.482. The Labute approximate surface area is 135 Å². The molecule has 1 spiro atoms. The number of carbonyl (C=O) groups is 2. The molecule has 0 unspecified atom stereocenters. The molecule has 7 nitrogen and oxygen atoms in total. The van der Waals surface area contributed by atoms with E-state index < -0.39 is 17.2 Å². The summed E-state index contributed by atoms with van der Waals surface area (Å²) in [5.41, 5.74) is -1.15. The van der Waals surface area contributed by atoms with E-state index in [1.165, 1.54) is 4.90 Å². The number of hydrogen-bond donors (Lipinski definition) is 0. The normalized spacial score (nSPS) is 20.6. The van der Waals surface area contributed by atoms with Crippen LogP contribution in [0.15, 0.2) is 16.5 Å². The molecule has 0 atom stereocenters. The van der Waals surface area contributed by atoms with E-state index in [0.717, 1.165) is 5.76 Å². The molecule has 0 aliphatic carbocycles. The molecule has 7 heteroatoms. The minimum atomic E-state index is -0.610. The van der Waals surface area contributed by atoms with Crippen LogP contribution < -0.4 is 4.90 Å². The SMILES string of the molecule is Cc1ccc(N2CC3(COC3)N(C(=O)OC(C)(C)C)CC2=O)o1. The highest BCUT2D eigenvalue weighted by Crippen LogP contribution is 2.34. The van der Waals surface area contributed by atoms with Crippen molar-refractivity contribution in [3.63, 3.8) is 0 Å². The molecule has 2 amide bonds. The van der Waals surface area contributed by atoms with Crippen molar-refractivity contribution in [1.82, 2.24) is 4.90 Å². The fourth-order valence-electron chi connectivity index (χ4n) is 2.78. The van der Waals surface area contributed by atoms with Crippen molar-refractivity contribution >= 4 is 17.9 Å². The Hall–Kier alpha value is -2.02. The van der Waals surface area contributed by atoms with Crippen LogP contribution in [0.4, 0.5) is 10.7 Å². The Bertz CT molecular complexity index is 627. The van der Waals surface area contributed by atoms with Gasteiger partial charge in [0.1, 0.15) is 23.4 Å².